The molecule has 0 saturated heterocycles. The molecule has 21 heavy (non-hydrogen) atoms. The van der Waals surface area contributed by atoms with E-state index in [1.54, 1.807) is 12.1 Å². The maximum atomic E-state index is 12.6. The van der Waals surface area contributed by atoms with Gasteiger partial charge in [-0.15, -0.1) is 0 Å². The topological polar surface area (TPSA) is 61.5 Å². The summed E-state index contributed by atoms with van der Waals surface area (Å²) >= 11 is 12.0. The minimum absolute atomic E-state index is 0.272. The zero-order valence-electron chi connectivity index (χ0n) is 11.4. The second-order valence-corrected chi connectivity index (χ2v) is 5.09. The molecule has 0 aliphatic heterocycles. The number of hydrogen-bond donors (Lipinski definition) is 1. The molecule has 0 heterocycles. The lowest BCUT2D eigenvalue weighted by atomic mass is 10.0. The van der Waals surface area contributed by atoms with Crippen LogP contribution in [0.15, 0.2) is 30.3 Å². The van der Waals surface area contributed by atoms with Crippen LogP contribution in [-0.2, 0) is 0 Å². The number of anilines is 1. The Balaban J connectivity index is 2.55. The number of ether oxygens (including phenoxy) is 2. The molecule has 0 atom stereocenters. The maximum absolute atomic E-state index is 12.6. The van der Waals surface area contributed by atoms with Crippen LogP contribution in [0.5, 0.6) is 11.5 Å². The maximum Gasteiger partial charge on any atom is 0.196 e. The van der Waals surface area contributed by atoms with Crippen molar-refractivity contribution < 1.29 is 14.3 Å². The molecule has 2 rings (SSSR count). The summed E-state index contributed by atoms with van der Waals surface area (Å²) in [7, 11) is 2.97. The smallest absolute Gasteiger partial charge is 0.196 e. The predicted octanol–water partition coefficient (Wildman–Crippen LogP) is 3.82. The van der Waals surface area contributed by atoms with E-state index >= 15 is 0 Å². The quantitative estimate of drug-likeness (QED) is 0.685. The van der Waals surface area contributed by atoms with Gasteiger partial charge in [0.15, 0.2) is 17.3 Å². The molecule has 2 aromatic rings. The first kappa shape index (κ1) is 15.5. The van der Waals surface area contributed by atoms with Crippen LogP contribution in [0.4, 0.5) is 5.69 Å². The summed E-state index contributed by atoms with van der Waals surface area (Å²) < 4.78 is 10.3. The number of benzene rings is 2. The lowest BCUT2D eigenvalue weighted by Gasteiger charge is -2.12. The summed E-state index contributed by atoms with van der Waals surface area (Å²) in [5, 5.41) is 0.723. The van der Waals surface area contributed by atoms with Crippen LogP contribution in [-0.4, -0.2) is 20.0 Å². The van der Waals surface area contributed by atoms with Gasteiger partial charge in [0, 0.05) is 27.9 Å². The Kier molecular flexibility index (Phi) is 4.60. The van der Waals surface area contributed by atoms with E-state index in [1.807, 2.05) is 0 Å². The third-order valence-electron chi connectivity index (χ3n) is 2.97. The summed E-state index contributed by atoms with van der Waals surface area (Å²) in [6.07, 6.45) is 0. The molecule has 0 radical (unpaired) electrons. The van der Waals surface area contributed by atoms with E-state index in [2.05, 4.69) is 0 Å². The average Bonchev–Trinajstić information content (AvgIpc) is 2.48. The lowest BCUT2D eigenvalue weighted by Crippen LogP contribution is -2.07. The number of methoxy groups -OCH3 is 2. The van der Waals surface area contributed by atoms with Gasteiger partial charge in [-0.1, -0.05) is 23.2 Å². The van der Waals surface area contributed by atoms with Crippen molar-refractivity contribution in [1.82, 2.24) is 0 Å². The Morgan fingerprint density at radius 2 is 1.62 bits per heavy atom. The molecule has 0 aliphatic rings. The number of ketones is 1. The Morgan fingerprint density at radius 1 is 1.00 bits per heavy atom. The van der Waals surface area contributed by atoms with Gasteiger partial charge in [-0.05, 0) is 24.3 Å². The van der Waals surface area contributed by atoms with E-state index in [9.17, 15) is 4.79 Å². The lowest BCUT2D eigenvalue weighted by molar-refractivity contribution is 0.103. The standard InChI is InChI=1S/C15H13Cl2NO3/c1-20-13-6-10(12(18)7-14(13)21-2)15(19)9-5-8(16)3-4-11(9)17/h3-7H,18H2,1-2H3. The summed E-state index contributed by atoms with van der Waals surface area (Å²) in [5.41, 5.74) is 6.74. The zero-order chi connectivity index (χ0) is 15.6. The first-order valence-corrected chi connectivity index (χ1v) is 6.74. The third-order valence-corrected chi connectivity index (χ3v) is 3.54. The van der Waals surface area contributed by atoms with Crippen molar-refractivity contribution in [3.63, 3.8) is 0 Å². The predicted molar refractivity (Wildman–Crippen MR) is 83.9 cm³/mol. The van der Waals surface area contributed by atoms with Crippen LogP contribution < -0.4 is 15.2 Å². The van der Waals surface area contributed by atoms with Crippen LogP contribution in [0.25, 0.3) is 0 Å². The number of carbonyl (C=O) groups is 1. The Bertz CT molecular complexity index is 702. The Labute approximate surface area is 132 Å². The number of hydrogen-bond acceptors (Lipinski definition) is 4. The molecule has 110 valence electrons. The van der Waals surface area contributed by atoms with Gasteiger partial charge in [0.2, 0.25) is 0 Å². The first-order valence-electron chi connectivity index (χ1n) is 5.99. The second-order valence-electron chi connectivity index (χ2n) is 4.25. The molecule has 0 bridgehead atoms. The molecular formula is C15H13Cl2NO3. The van der Waals surface area contributed by atoms with Crippen LogP contribution in [0.1, 0.15) is 15.9 Å². The van der Waals surface area contributed by atoms with Crippen molar-refractivity contribution in [3.8, 4) is 11.5 Å². The molecule has 0 aromatic heterocycles. The summed E-state index contributed by atoms with van der Waals surface area (Å²) in [6.45, 7) is 0. The van der Waals surface area contributed by atoms with Gasteiger partial charge in [-0.3, -0.25) is 4.79 Å². The van der Waals surface area contributed by atoms with Gasteiger partial charge in [-0.2, -0.15) is 0 Å². The highest BCUT2D eigenvalue weighted by atomic mass is 35.5. The molecule has 2 aromatic carbocycles. The largest absolute Gasteiger partial charge is 0.493 e. The zero-order valence-corrected chi connectivity index (χ0v) is 13.0. The van der Waals surface area contributed by atoms with Gasteiger partial charge < -0.3 is 15.2 Å². The van der Waals surface area contributed by atoms with E-state index in [0.29, 0.717) is 21.5 Å². The number of halogens is 2. The second kappa shape index (κ2) is 6.24. The molecule has 0 fully saturated rings. The van der Waals surface area contributed by atoms with Crippen molar-refractivity contribution in [2.75, 3.05) is 20.0 Å². The molecular weight excluding hydrogens is 313 g/mol. The molecule has 2 N–H and O–H groups in total. The minimum atomic E-state index is -0.332. The SMILES string of the molecule is COc1cc(N)c(C(=O)c2cc(Cl)ccc2Cl)cc1OC. The molecule has 6 heteroatoms. The number of nitrogen functional groups attached to an aromatic ring is 1. The van der Waals surface area contributed by atoms with Crippen LogP contribution in [0.2, 0.25) is 10.0 Å². The van der Waals surface area contributed by atoms with Crippen molar-refractivity contribution >= 4 is 34.7 Å². The molecule has 0 unspecified atom stereocenters. The first-order chi connectivity index (χ1) is 9.97. The minimum Gasteiger partial charge on any atom is -0.493 e. The third kappa shape index (κ3) is 3.06. The monoisotopic (exact) mass is 325 g/mol. The van der Waals surface area contributed by atoms with Gasteiger partial charge in [0.25, 0.3) is 0 Å². The highest BCUT2D eigenvalue weighted by Crippen LogP contribution is 2.34. The number of carbonyl (C=O) groups excluding carboxylic acids is 1. The summed E-state index contributed by atoms with van der Waals surface area (Å²) in [5.74, 6) is 0.526. The van der Waals surface area contributed by atoms with Gasteiger partial charge in [0.1, 0.15) is 0 Å². The van der Waals surface area contributed by atoms with Gasteiger partial charge in [-0.25, -0.2) is 0 Å². The van der Waals surface area contributed by atoms with E-state index in [1.165, 1.54) is 32.4 Å². The fourth-order valence-electron chi connectivity index (χ4n) is 1.91. The number of rotatable bonds is 4. The Morgan fingerprint density at radius 3 is 2.24 bits per heavy atom. The highest BCUT2D eigenvalue weighted by molar-refractivity contribution is 6.37. The van der Waals surface area contributed by atoms with Crippen molar-refractivity contribution in [1.29, 1.82) is 0 Å². The average molecular weight is 326 g/mol. The van der Waals surface area contributed by atoms with Crippen molar-refractivity contribution in [3.05, 3.63) is 51.5 Å². The molecule has 0 spiro atoms. The van der Waals surface area contributed by atoms with Gasteiger partial charge in [0.05, 0.1) is 19.2 Å². The van der Waals surface area contributed by atoms with Crippen LogP contribution >= 0.6 is 23.2 Å². The fourth-order valence-corrected chi connectivity index (χ4v) is 2.28. The van der Waals surface area contributed by atoms with Crippen molar-refractivity contribution in [2.45, 2.75) is 0 Å². The van der Waals surface area contributed by atoms with E-state index < -0.39 is 0 Å². The van der Waals surface area contributed by atoms with Crippen molar-refractivity contribution in [2.24, 2.45) is 0 Å². The van der Waals surface area contributed by atoms with E-state index in [-0.39, 0.29) is 22.6 Å². The van der Waals surface area contributed by atoms with E-state index in [4.69, 9.17) is 38.4 Å². The molecule has 0 aliphatic carbocycles. The fraction of sp³-hybridized carbons (Fsp3) is 0.133. The Hall–Kier alpha value is -1.91. The molecule has 4 nitrogen and oxygen atoms in total. The van der Waals surface area contributed by atoms with Crippen LogP contribution in [0, 0.1) is 0 Å². The molecule has 0 saturated carbocycles. The highest BCUT2D eigenvalue weighted by Gasteiger charge is 2.19. The summed E-state index contributed by atoms with van der Waals surface area (Å²) in [4.78, 5) is 12.6. The number of nitrogens with two attached hydrogens (primary N) is 1. The summed E-state index contributed by atoms with van der Waals surface area (Å²) in [6, 6.07) is 7.73. The normalized spacial score (nSPS) is 10.3. The van der Waals surface area contributed by atoms with Gasteiger partial charge >= 0.3 is 0 Å². The van der Waals surface area contributed by atoms with E-state index in [0.717, 1.165) is 0 Å². The van der Waals surface area contributed by atoms with Crippen LogP contribution in [0.3, 0.4) is 0 Å². The molecule has 0 amide bonds.